The summed E-state index contributed by atoms with van der Waals surface area (Å²) in [6.07, 6.45) is 23.1. The Bertz CT molecular complexity index is 378. The van der Waals surface area contributed by atoms with Crippen molar-refractivity contribution in [2.45, 2.75) is 135 Å². The third-order valence-corrected chi connectivity index (χ3v) is 5.82. The van der Waals surface area contributed by atoms with Gasteiger partial charge in [-0.15, -0.1) is 0 Å². The lowest BCUT2D eigenvalue weighted by atomic mass is 10.0. The standard InChI is InChI=1S/C24H47NO4/c1-3-4-5-6-7-8-9-10-11-12-13-14-15-16-17-22-18-19-24(28-22)29-25-21-20-23(26)27-2/h22,24-25H,3-21H2,1-2H3. The molecule has 2 atom stereocenters. The van der Waals surface area contributed by atoms with E-state index in [9.17, 15) is 4.79 Å². The maximum atomic E-state index is 11.0. The molecule has 1 heterocycles. The molecule has 0 bridgehead atoms. The molecular formula is C24H47NO4. The molecule has 5 nitrogen and oxygen atoms in total. The van der Waals surface area contributed by atoms with Crippen molar-refractivity contribution in [3.63, 3.8) is 0 Å². The highest BCUT2D eigenvalue weighted by molar-refractivity contribution is 5.69. The molecule has 1 rings (SSSR count). The summed E-state index contributed by atoms with van der Waals surface area (Å²) in [4.78, 5) is 16.5. The number of hydrogen-bond donors (Lipinski definition) is 1. The molecule has 0 amide bonds. The van der Waals surface area contributed by atoms with Gasteiger partial charge in [0.25, 0.3) is 0 Å². The minimum Gasteiger partial charge on any atom is -0.469 e. The van der Waals surface area contributed by atoms with Crippen LogP contribution in [0.15, 0.2) is 0 Å². The average Bonchev–Trinajstić information content (AvgIpc) is 3.19. The van der Waals surface area contributed by atoms with Gasteiger partial charge in [-0.2, -0.15) is 5.48 Å². The van der Waals surface area contributed by atoms with Gasteiger partial charge in [0, 0.05) is 13.0 Å². The number of methoxy groups -OCH3 is 1. The Labute approximate surface area is 179 Å². The fraction of sp³-hybridized carbons (Fsp3) is 0.958. The molecule has 0 spiro atoms. The van der Waals surface area contributed by atoms with Crippen molar-refractivity contribution >= 4 is 5.97 Å². The van der Waals surface area contributed by atoms with E-state index in [1.54, 1.807) is 0 Å². The molecule has 1 aliphatic rings. The van der Waals surface area contributed by atoms with Crippen LogP contribution in [0.4, 0.5) is 0 Å². The van der Waals surface area contributed by atoms with Crippen LogP contribution in [0.25, 0.3) is 0 Å². The zero-order chi connectivity index (χ0) is 21.0. The van der Waals surface area contributed by atoms with E-state index in [1.807, 2.05) is 0 Å². The SMILES string of the molecule is CCCCCCCCCCCCCCCCC1CCC(ONCCC(=O)OC)O1. The first-order valence-corrected chi connectivity index (χ1v) is 12.4. The van der Waals surface area contributed by atoms with Crippen molar-refractivity contribution in [3.8, 4) is 0 Å². The third kappa shape index (κ3) is 15.8. The van der Waals surface area contributed by atoms with Gasteiger partial charge in [0.15, 0.2) is 6.29 Å². The predicted molar refractivity (Wildman–Crippen MR) is 119 cm³/mol. The highest BCUT2D eigenvalue weighted by Gasteiger charge is 2.25. The number of carbonyl (C=O) groups excluding carboxylic acids is 1. The van der Waals surface area contributed by atoms with Crippen LogP contribution in [-0.2, 0) is 19.1 Å². The molecule has 0 aromatic heterocycles. The third-order valence-electron chi connectivity index (χ3n) is 5.82. The Morgan fingerprint density at radius 3 is 1.97 bits per heavy atom. The second-order valence-electron chi connectivity index (χ2n) is 8.49. The van der Waals surface area contributed by atoms with E-state index >= 15 is 0 Å². The molecular weight excluding hydrogens is 366 g/mol. The zero-order valence-electron chi connectivity index (χ0n) is 19.2. The topological polar surface area (TPSA) is 56.8 Å². The monoisotopic (exact) mass is 413 g/mol. The average molecular weight is 414 g/mol. The highest BCUT2D eigenvalue weighted by Crippen LogP contribution is 2.24. The number of ether oxygens (including phenoxy) is 2. The first kappa shape index (κ1) is 26.4. The molecule has 1 saturated heterocycles. The van der Waals surface area contributed by atoms with E-state index < -0.39 is 0 Å². The first-order chi connectivity index (χ1) is 14.3. The van der Waals surface area contributed by atoms with E-state index in [2.05, 4.69) is 17.1 Å². The van der Waals surface area contributed by atoms with Crippen LogP contribution in [0.5, 0.6) is 0 Å². The lowest BCUT2D eigenvalue weighted by Crippen LogP contribution is -2.26. The molecule has 0 aromatic rings. The molecule has 1 N–H and O–H groups in total. The highest BCUT2D eigenvalue weighted by atomic mass is 16.8. The Balaban J connectivity index is 1.79. The second kappa shape index (κ2) is 19.3. The smallest absolute Gasteiger partial charge is 0.306 e. The quantitative estimate of drug-likeness (QED) is 0.141. The van der Waals surface area contributed by atoms with Gasteiger partial charge in [0.05, 0.1) is 19.6 Å². The summed E-state index contributed by atoms with van der Waals surface area (Å²) in [5.74, 6) is -0.232. The Morgan fingerprint density at radius 1 is 0.862 bits per heavy atom. The largest absolute Gasteiger partial charge is 0.469 e. The minimum absolute atomic E-state index is 0.177. The van der Waals surface area contributed by atoms with E-state index in [1.165, 1.54) is 97.0 Å². The molecule has 29 heavy (non-hydrogen) atoms. The summed E-state index contributed by atoms with van der Waals surface area (Å²) in [6, 6.07) is 0. The summed E-state index contributed by atoms with van der Waals surface area (Å²) in [7, 11) is 1.39. The first-order valence-electron chi connectivity index (χ1n) is 12.4. The molecule has 2 unspecified atom stereocenters. The number of carbonyl (C=O) groups is 1. The van der Waals surface area contributed by atoms with Crippen LogP contribution < -0.4 is 5.48 Å². The summed E-state index contributed by atoms with van der Waals surface area (Å²) >= 11 is 0. The summed E-state index contributed by atoms with van der Waals surface area (Å²) in [6.45, 7) is 2.74. The normalized spacial score (nSPS) is 19.0. The number of unbranched alkanes of at least 4 members (excludes halogenated alkanes) is 13. The number of esters is 1. The Hall–Kier alpha value is -0.650. The maximum absolute atomic E-state index is 11.0. The second-order valence-corrected chi connectivity index (χ2v) is 8.49. The number of rotatable bonds is 20. The van der Waals surface area contributed by atoms with Crippen LogP contribution in [-0.4, -0.2) is 32.0 Å². The van der Waals surface area contributed by atoms with Crippen molar-refractivity contribution < 1.29 is 19.1 Å². The predicted octanol–water partition coefficient (Wildman–Crippen LogP) is 6.45. The van der Waals surface area contributed by atoms with Crippen LogP contribution in [0.2, 0.25) is 0 Å². The molecule has 0 aromatic carbocycles. The van der Waals surface area contributed by atoms with Gasteiger partial charge >= 0.3 is 5.97 Å². The van der Waals surface area contributed by atoms with E-state index in [0.717, 1.165) is 19.3 Å². The van der Waals surface area contributed by atoms with Gasteiger partial charge in [-0.25, -0.2) is 0 Å². The number of nitrogens with one attached hydrogen (secondary N) is 1. The lowest BCUT2D eigenvalue weighted by Gasteiger charge is -2.14. The van der Waals surface area contributed by atoms with Crippen molar-refractivity contribution in [2.75, 3.05) is 13.7 Å². The molecule has 172 valence electrons. The van der Waals surface area contributed by atoms with Crippen molar-refractivity contribution in [3.05, 3.63) is 0 Å². The van der Waals surface area contributed by atoms with Crippen molar-refractivity contribution in [1.82, 2.24) is 5.48 Å². The summed E-state index contributed by atoms with van der Waals surface area (Å²) in [5.41, 5.74) is 2.81. The number of hydroxylamine groups is 1. The van der Waals surface area contributed by atoms with Crippen molar-refractivity contribution in [2.24, 2.45) is 0 Å². The van der Waals surface area contributed by atoms with Gasteiger partial charge in [-0.05, 0) is 12.8 Å². The molecule has 0 aliphatic carbocycles. The fourth-order valence-corrected chi connectivity index (χ4v) is 3.95. The maximum Gasteiger partial charge on any atom is 0.306 e. The molecule has 1 fully saturated rings. The lowest BCUT2D eigenvalue weighted by molar-refractivity contribution is -0.173. The van der Waals surface area contributed by atoms with Gasteiger partial charge in [0.2, 0.25) is 0 Å². The van der Waals surface area contributed by atoms with Crippen LogP contribution >= 0.6 is 0 Å². The van der Waals surface area contributed by atoms with Gasteiger partial charge in [-0.1, -0.05) is 96.8 Å². The van der Waals surface area contributed by atoms with E-state index in [4.69, 9.17) is 9.57 Å². The van der Waals surface area contributed by atoms with Gasteiger partial charge < -0.3 is 9.47 Å². The van der Waals surface area contributed by atoms with Crippen molar-refractivity contribution in [1.29, 1.82) is 0 Å². The summed E-state index contributed by atoms with van der Waals surface area (Å²) in [5, 5.41) is 0. The minimum atomic E-state index is -0.232. The molecule has 1 aliphatic heterocycles. The van der Waals surface area contributed by atoms with Crippen LogP contribution in [0.1, 0.15) is 122 Å². The van der Waals surface area contributed by atoms with Gasteiger partial charge in [0.1, 0.15) is 0 Å². The van der Waals surface area contributed by atoms with Crippen LogP contribution in [0, 0.1) is 0 Å². The van der Waals surface area contributed by atoms with E-state index in [0.29, 0.717) is 19.1 Å². The summed E-state index contributed by atoms with van der Waals surface area (Å²) < 4.78 is 10.5. The molecule has 0 saturated carbocycles. The zero-order valence-corrected chi connectivity index (χ0v) is 19.2. The molecule has 5 heteroatoms. The van der Waals surface area contributed by atoms with Gasteiger partial charge in [-0.3, -0.25) is 9.63 Å². The Morgan fingerprint density at radius 2 is 1.41 bits per heavy atom. The number of hydrogen-bond acceptors (Lipinski definition) is 5. The fourth-order valence-electron chi connectivity index (χ4n) is 3.95. The Kier molecular flexibility index (Phi) is 17.6. The van der Waals surface area contributed by atoms with Crippen LogP contribution in [0.3, 0.4) is 0 Å². The van der Waals surface area contributed by atoms with E-state index in [-0.39, 0.29) is 12.3 Å². The molecule has 0 radical (unpaired) electrons.